The number of carbonyl (C=O) groups is 1. The Morgan fingerprint density at radius 3 is 2.74 bits per heavy atom. The average Bonchev–Trinajstić information content (AvgIpc) is 3.26. The van der Waals surface area contributed by atoms with Crippen LogP contribution >= 0.6 is 27.5 Å². The van der Waals surface area contributed by atoms with Crippen LogP contribution in [0.2, 0.25) is 5.02 Å². The summed E-state index contributed by atoms with van der Waals surface area (Å²) in [5, 5.41) is 4.24. The summed E-state index contributed by atoms with van der Waals surface area (Å²) in [6.07, 6.45) is 0.112. The Bertz CT molecular complexity index is 1040. The van der Waals surface area contributed by atoms with Crippen LogP contribution in [0.4, 0.5) is 14.5 Å². The van der Waals surface area contributed by atoms with Gasteiger partial charge in [-0.3, -0.25) is 4.79 Å². The lowest BCUT2D eigenvalue weighted by molar-refractivity contribution is -0.117. The standard InChI is InChI=1S/C18H11BrClF2N3O2/c19-12-5-9(1-3-13(12)21)17-23-18(27-24-17)10-6-16(26)25(8-10)15-7-11(20)2-4-14(15)22/h1-5,7,10H,6,8H2. The predicted molar refractivity (Wildman–Crippen MR) is 98.5 cm³/mol. The minimum Gasteiger partial charge on any atom is -0.339 e. The van der Waals surface area contributed by atoms with E-state index < -0.39 is 11.6 Å². The molecule has 0 aliphatic carbocycles. The lowest BCUT2D eigenvalue weighted by Crippen LogP contribution is -2.25. The first-order valence-electron chi connectivity index (χ1n) is 7.97. The third-order valence-electron chi connectivity index (χ3n) is 4.29. The minimum absolute atomic E-state index is 0.112. The van der Waals surface area contributed by atoms with E-state index in [1.165, 1.54) is 41.3 Å². The van der Waals surface area contributed by atoms with Crippen molar-refractivity contribution in [2.45, 2.75) is 12.3 Å². The summed E-state index contributed by atoms with van der Waals surface area (Å²) < 4.78 is 33.0. The van der Waals surface area contributed by atoms with Crippen LogP contribution in [0, 0.1) is 11.6 Å². The smallest absolute Gasteiger partial charge is 0.232 e. The van der Waals surface area contributed by atoms with E-state index in [1.807, 2.05) is 0 Å². The number of carbonyl (C=O) groups excluding carboxylic acids is 1. The summed E-state index contributed by atoms with van der Waals surface area (Å²) in [5.41, 5.74) is 0.692. The normalized spacial score (nSPS) is 17.0. The number of rotatable bonds is 3. The van der Waals surface area contributed by atoms with Crippen molar-refractivity contribution in [1.82, 2.24) is 10.1 Å². The summed E-state index contributed by atoms with van der Waals surface area (Å²) in [6.45, 7) is 0.199. The number of amides is 1. The van der Waals surface area contributed by atoms with Gasteiger partial charge in [-0.2, -0.15) is 4.98 Å². The monoisotopic (exact) mass is 453 g/mol. The Kier molecular flexibility index (Phi) is 4.69. The average molecular weight is 455 g/mol. The van der Waals surface area contributed by atoms with E-state index in [-0.39, 0.29) is 46.7 Å². The zero-order valence-corrected chi connectivity index (χ0v) is 16.0. The first-order valence-corrected chi connectivity index (χ1v) is 9.14. The zero-order valence-electron chi connectivity index (χ0n) is 13.6. The molecule has 1 fully saturated rings. The maximum atomic E-state index is 14.1. The molecular weight excluding hydrogens is 444 g/mol. The molecule has 2 aromatic carbocycles. The molecule has 1 atom stereocenters. The van der Waals surface area contributed by atoms with Gasteiger partial charge >= 0.3 is 0 Å². The predicted octanol–water partition coefficient (Wildman–Crippen LogP) is 4.95. The van der Waals surface area contributed by atoms with Gasteiger partial charge in [-0.25, -0.2) is 8.78 Å². The number of hydrogen-bond donors (Lipinski definition) is 0. The fourth-order valence-electron chi connectivity index (χ4n) is 2.95. The van der Waals surface area contributed by atoms with Gasteiger partial charge in [0.2, 0.25) is 17.6 Å². The highest BCUT2D eigenvalue weighted by molar-refractivity contribution is 9.10. The fourth-order valence-corrected chi connectivity index (χ4v) is 3.50. The van der Waals surface area contributed by atoms with Crippen LogP contribution in [-0.2, 0) is 4.79 Å². The minimum atomic E-state index is -0.532. The number of hydrogen-bond acceptors (Lipinski definition) is 4. The van der Waals surface area contributed by atoms with E-state index in [2.05, 4.69) is 26.1 Å². The SMILES string of the molecule is O=C1CC(c2nc(-c3ccc(F)c(Br)c3)no2)CN1c1cc(Cl)ccc1F. The number of aromatic nitrogens is 2. The van der Waals surface area contributed by atoms with Gasteiger partial charge in [-0.1, -0.05) is 16.8 Å². The van der Waals surface area contributed by atoms with Gasteiger partial charge < -0.3 is 9.42 Å². The Morgan fingerprint density at radius 2 is 1.96 bits per heavy atom. The quantitative estimate of drug-likeness (QED) is 0.562. The number of halogens is 4. The third kappa shape index (κ3) is 3.46. The van der Waals surface area contributed by atoms with E-state index in [9.17, 15) is 13.6 Å². The molecule has 0 N–H and O–H groups in total. The van der Waals surface area contributed by atoms with Gasteiger partial charge in [0, 0.05) is 23.6 Å². The molecule has 1 saturated heterocycles. The summed E-state index contributed by atoms with van der Waals surface area (Å²) in [4.78, 5) is 18.0. The summed E-state index contributed by atoms with van der Waals surface area (Å²) in [6, 6.07) is 8.41. The molecular formula is C18H11BrClF2N3O2. The number of anilines is 1. The van der Waals surface area contributed by atoms with Gasteiger partial charge in [0.05, 0.1) is 16.1 Å². The van der Waals surface area contributed by atoms with Crippen LogP contribution in [0.15, 0.2) is 45.4 Å². The maximum absolute atomic E-state index is 14.1. The van der Waals surface area contributed by atoms with E-state index in [4.69, 9.17) is 16.1 Å². The second-order valence-corrected chi connectivity index (χ2v) is 7.38. The van der Waals surface area contributed by atoms with Crippen molar-refractivity contribution in [3.05, 3.63) is 63.4 Å². The largest absolute Gasteiger partial charge is 0.339 e. The van der Waals surface area contributed by atoms with Crippen molar-refractivity contribution in [1.29, 1.82) is 0 Å². The number of benzene rings is 2. The van der Waals surface area contributed by atoms with Crippen LogP contribution in [0.3, 0.4) is 0 Å². The van der Waals surface area contributed by atoms with Gasteiger partial charge in [-0.15, -0.1) is 0 Å². The van der Waals surface area contributed by atoms with Crippen LogP contribution < -0.4 is 4.90 Å². The molecule has 3 aromatic rings. The van der Waals surface area contributed by atoms with Crippen molar-refractivity contribution >= 4 is 39.1 Å². The van der Waals surface area contributed by atoms with Crippen molar-refractivity contribution in [3.8, 4) is 11.4 Å². The van der Waals surface area contributed by atoms with Gasteiger partial charge in [0.15, 0.2) is 0 Å². The molecule has 1 aliphatic heterocycles. The molecule has 0 saturated carbocycles. The van der Waals surface area contributed by atoms with Crippen LogP contribution in [-0.4, -0.2) is 22.6 Å². The van der Waals surface area contributed by atoms with Crippen molar-refractivity contribution < 1.29 is 18.1 Å². The molecule has 1 amide bonds. The Labute approximate surface area is 166 Å². The molecule has 9 heteroatoms. The third-order valence-corrected chi connectivity index (χ3v) is 5.14. The molecule has 0 radical (unpaired) electrons. The Hall–Kier alpha value is -2.32. The second kappa shape index (κ2) is 7.01. The molecule has 27 heavy (non-hydrogen) atoms. The highest BCUT2D eigenvalue weighted by atomic mass is 79.9. The number of nitrogens with zero attached hydrogens (tertiary/aromatic N) is 3. The lowest BCUT2D eigenvalue weighted by Gasteiger charge is -2.17. The first kappa shape index (κ1) is 18.1. The maximum Gasteiger partial charge on any atom is 0.232 e. The summed E-state index contributed by atoms with van der Waals surface area (Å²) in [7, 11) is 0. The first-order chi connectivity index (χ1) is 12.9. The Balaban J connectivity index is 1.58. The van der Waals surface area contributed by atoms with Crippen molar-refractivity contribution in [2.75, 3.05) is 11.4 Å². The fraction of sp³-hybridized carbons (Fsp3) is 0.167. The molecule has 0 bridgehead atoms. The van der Waals surface area contributed by atoms with E-state index in [0.29, 0.717) is 10.6 Å². The molecule has 4 rings (SSSR count). The summed E-state index contributed by atoms with van der Waals surface area (Å²) >= 11 is 9.03. The molecule has 138 valence electrons. The van der Waals surface area contributed by atoms with E-state index in [1.54, 1.807) is 0 Å². The lowest BCUT2D eigenvalue weighted by atomic mass is 10.1. The van der Waals surface area contributed by atoms with Gasteiger partial charge in [0.25, 0.3) is 0 Å². The van der Waals surface area contributed by atoms with Crippen LogP contribution in [0.25, 0.3) is 11.4 Å². The molecule has 5 nitrogen and oxygen atoms in total. The van der Waals surface area contributed by atoms with E-state index in [0.717, 1.165) is 0 Å². The zero-order chi connectivity index (χ0) is 19.1. The van der Waals surface area contributed by atoms with Crippen LogP contribution in [0.1, 0.15) is 18.2 Å². The highest BCUT2D eigenvalue weighted by Crippen LogP contribution is 2.34. The van der Waals surface area contributed by atoms with Crippen LogP contribution in [0.5, 0.6) is 0 Å². The molecule has 0 spiro atoms. The topological polar surface area (TPSA) is 59.2 Å². The van der Waals surface area contributed by atoms with E-state index >= 15 is 0 Å². The molecule has 2 heterocycles. The second-order valence-electron chi connectivity index (χ2n) is 6.09. The highest BCUT2D eigenvalue weighted by Gasteiger charge is 2.36. The Morgan fingerprint density at radius 1 is 1.19 bits per heavy atom. The molecule has 1 aliphatic rings. The molecule has 1 unspecified atom stereocenters. The van der Waals surface area contributed by atoms with Gasteiger partial charge in [0.1, 0.15) is 11.6 Å². The van der Waals surface area contributed by atoms with Gasteiger partial charge in [-0.05, 0) is 52.3 Å². The molecule has 1 aromatic heterocycles. The van der Waals surface area contributed by atoms with Crippen molar-refractivity contribution in [3.63, 3.8) is 0 Å². The summed E-state index contributed by atoms with van der Waals surface area (Å²) in [5.74, 6) is -1.01. The van der Waals surface area contributed by atoms with Crippen molar-refractivity contribution in [2.24, 2.45) is 0 Å².